The van der Waals surface area contributed by atoms with Crippen molar-refractivity contribution in [3.63, 3.8) is 0 Å². The highest BCUT2D eigenvalue weighted by atomic mass is 35.5. The second kappa shape index (κ2) is 16.5. The SMILES string of the molecule is CCc1cc(N2C(=S)N(c3cnc(C#N)c(C(F)(F)F)c3)C(=O)C2(C)C)ccc1OCCN1C[C@H]2C[C@@H]1CN2CC(=O)Nc1cc(Cl)cc(NC2CCC(=O)CC2=O)c1. The number of hydrogen-bond acceptors (Lipinski definition) is 11. The molecule has 4 fully saturated rings. The standard InChI is InChI=1S/C41H42ClF3N8O5S/c1-4-23-11-27(53-39(59)52(38(57)40(53,2)3)28-16-32(41(43,44)45)34(18-46)47-19-28)5-8-36(23)58-10-9-50-20-30-15-29(50)21-51(30)22-37(56)49-26-13-24(42)12-25(14-26)48-33-7-6-31(54)17-35(33)55/h5,8,11-14,16,19,29-30,33,48H,4,6-7,9-10,15,17,20-22H2,1-3H3,(H,49,56)/t29-,30-,33?/m1/s1. The van der Waals surface area contributed by atoms with E-state index in [2.05, 4.69) is 25.4 Å². The minimum atomic E-state index is -4.86. The molecule has 2 amide bonds. The van der Waals surface area contributed by atoms with Crippen molar-refractivity contribution < 1.29 is 37.1 Å². The number of anilines is 4. The number of fused-ring (bicyclic) bond motifs is 2. The maximum absolute atomic E-state index is 13.7. The summed E-state index contributed by atoms with van der Waals surface area (Å²) in [6, 6.07) is 12.7. The first-order valence-corrected chi connectivity index (χ1v) is 20.1. The summed E-state index contributed by atoms with van der Waals surface area (Å²) in [7, 11) is 0. The van der Waals surface area contributed by atoms with E-state index in [0.29, 0.717) is 60.2 Å². The number of ketones is 2. The molecule has 18 heteroatoms. The van der Waals surface area contributed by atoms with E-state index in [9.17, 15) is 37.6 Å². The summed E-state index contributed by atoms with van der Waals surface area (Å²) in [5.41, 5.74) is -0.957. The first-order valence-electron chi connectivity index (χ1n) is 19.3. The molecule has 3 aliphatic heterocycles. The Labute approximate surface area is 349 Å². The van der Waals surface area contributed by atoms with Crippen LogP contribution in [-0.2, 0) is 31.8 Å². The summed E-state index contributed by atoms with van der Waals surface area (Å²) in [6.45, 7) is 8.07. The van der Waals surface area contributed by atoms with Crippen molar-refractivity contribution in [2.24, 2.45) is 0 Å². The highest BCUT2D eigenvalue weighted by Gasteiger charge is 2.51. The van der Waals surface area contributed by atoms with Gasteiger partial charge in [-0.2, -0.15) is 18.4 Å². The van der Waals surface area contributed by atoms with Crippen molar-refractivity contribution in [2.45, 2.75) is 82.7 Å². The van der Waals surface area contributed by atoms with Gasteiger partial charge in [-0.25, -0.2) is 4.98 Å². The Bertz CT molecular complexity index is 2270. The van der Waals surface area contributed by atoms with Crippen molar-refractivity contribution in [3.05, 3.63) is 70.5 Å². The molecule has 59 heavy (non-hydrogen) atoms. The molecule has 2 bridgehead atoms. The Morgan fingerprint density at radius 2 is 1.80 bits per heavy atom. The second-order valence-corrected chi connectivity index (χ2v) is 16.5. The van der Waals surface area contributed by atoms with E-state index < -0.39 is 34.9 Å². The van der Waals surface area contributed by atoms with E-state index in [1.807, 2.05) is 13.0 Å². The van der Waals surface area contributed by atoms with Crippen molar-refractivity contribution in [1.29, 1.82) is 5.26 Å². The number of nitrogens with one attached hydrogen (secondary N) is 2. The predicted molar refractivity (Wildman–Crippen MR) is 219 cm³/mol. The van der Waals surface area contributed by atoms with Crippen LogP contribution in [-0.4, -0.2) is 99.7 Å². The van der Waals surface area contributed by atoms with Crippen molar-refractivity contribution in [3.8, 4) is 11.8 Å². The number of nitriles is 1. The molecule has 1 aromatic heterocycles. The van der Waals surface area contributed by atoms with Gasteiger partial charge >= 0.3 is 6.18 Å². The van der Waals surface area contributed by atoms with E-state index in [4.69, 9.17) is 28.6 Å². The number of pyridine rings is 1. The molecule has 7 rings (SSSR count). The minimum absolute atomic E-state index is 0.0223. The van der Waals surface area contributed by atoms with Gasteiger partial charge < -0.3 is 20.3 Å². The third-order valence-corrected chi connectivity index (χ3v) is 11.9. The zero-order valence-electron chi connectivity index (χ0n) is 32.6. The number of alkyl halides is 3. The number of nitrogens with zero attached hydrogens (tertiary/aromatic N) is 6. The fourth-order valence-electron chi connectivity index (χ4n) is 8.39. The molecule has 0 spiro atoms. The van der Waals surface area contributed by atoms with E-state index in [1.165, 1.54) is 6.07 Å². The molecule has 4 heterocycles. The molecule has 1 aliphatic carbocycles. The summed E-state index contributed by atoms with van der Waals surface area (Å²) >= 11 is 12.0. The van der Waals surface area contributed by atoms with Crippen LogP contribution in [0.15, 0.2) is 48.7 Å². The average molecular weight is 851 g/mol. The van der Waals surface area contributed by atoms with Gasteiger partial charge in [0.2, 0.25) is 5.91 Å². The van der Waals surface area contributed by atoms with Crippen molar-refractivity contribution in [2.75, 3.05) is 53.2 Å². The number of ether oxygens (including phenoxy) is 1. The molecule has 2 N–H and O–H groups in total. The molecule has 13 nitrogen and oxygen atoms in total. The Hall–Kier alpha value is -5.15. The number of halogens is 4. The molecule has 1 unspecified atom stereocenters. The Balaban J connectivity index is 0.924. The number of amides is 2. The van der Waals surface area contributed by atoms with Crippen LogP contribution >= 0.6 is 23.8 Å². The molecule has 1 saturated carbocycles. The maximum Gasteiger partial charge on any atom is 0.419 e. The third-order valence-electron chi connectivity index (χ3n) is 11.3. The smallest absolute Gasteiger partial charge is 0.419 e. The van der Waals surface area contributed by atoms with Crippen LogP contribution in [0.1, 0.15) is 63.3 Å². The second-order valence-electron chi connectivity index (χ2n) is 15.7. The lowest BCUT2D eigenvalue weighted by Gasteiger charge is -2.33. The highest BCUT2D eigenvalue weighted by molar-refractivity contribution is 7.81. The molecule has 3 aromatic rings. The summed E-state index contributed by atoms with van der Waals surface area (Å²) in [5, 5.41) is 15.6. The maximum atomic E-state index is 13.7. The van der Waals surface area contributed by atoms with Crippen LogP contribution < -0.4 is 25.2 Å². The largest absolute Gasteiger partial charge is 0.492 e. The number of carbonyl (C=O) groups is 4. The lowest BCUT2D eigenvalue weighted by molar-refractivity contribution is -0.138. The Morgan fingerprint density at radius 3 is 2.47 bits per heavy atom. The summed E-state index contributed by atoms with van der Waals surface area (Å²) < 4.78 is 47.5. The van der Waals surface area contributed by atoms with Gasteiger partial charge in [-0.05, 0) is 93.4 Å². The fourth-order valence-corrected chi connectivity index (χ4v) is 9.14. The number of Topliss-reactive ketones (excluding diaryl/α,β-unsaturated/α-hetero) is 2. The molecule has 2 aromatic carbocycles. The van der Waals surface area contributed by atoms with Gasteiger partial charge in [-0.1, -0.05) is 18.5 Å². The molecule has 3 atom stereocenters. The van der Waals surface area contributed by atoms with Gasteiger partial charge in [0.15, 0.2) is 16.6 Å². The zero-order valence-corrected chi connectivity index (χ0v) is 34.1. The van der Waals surface area contributed by atoms with E-state index in [0.717, 1.165) is 42.2 Å². The Morgan fingerprint density at radius 1 is 1.07 bits per heavy atom. The number of aromatic nitrogens is 1. The van der Waals surface area contributed by atoms with Crippen molar-refractivity contribution in [1.82, 2.24) is 14.8 Å². The van der Waals surface area contributed by atoms with E-state index in [-0.39, 0.29) is 53.3 Å². The number of aryl methyl sites for hydroxylation is 1. The predicted octanol–water partition coefficient (Wildman–Crippen LogP) is 5.98. The van der Waals surface area contributed by atoms with E-state index in [1.54, 1.807) is 49.1 Å². The molecular weight excluding hydrogens is 809 g/mol. The third kappa shape index (κ3) is 8.63. The zero-order chi connectivity index (χ0) is 42.4. The topological polar surface area (TPSA) is 151 Å². The first-order chi connectivity index (χ1) is 28.0. The summed E-state index contributed by atoms with van der Waals surface area (Å²) in [5.74, 6) is -0.268. The number of thiocarbonyl (C=S) groups is 1. The first kappa shape index (κ1) is 42.0. The fraction of sp³-hybridized carbons (Fsp3) is 0.439. The molecule has 4 aliphatic rings. The molecule has 3 saturated heterocycles. The number of carbonyl (C=O) groups excluding carboxylic acids is 4. The van der Waals surface area contributed by atoms with Crippen molar-refractivity contribution >= 4 is 75.1 Å². The van der Waals surface area contributed by atoms with Crippen LogP contribution in [0.4, 0.5) is 35.9 Å². The Kier molecular flexibility index (Phi) is 11.7. The summed E-state index contributed by atoms with van der Waals surface area (Å²) in [6.07, 6.45) is -1.61. The lowest BCUT2D eigenvalue weighted by atomic mass is 9.93. The number of piperazine rings is 1. The lowest BCUT2D eigenvalue weighted by Crippen LogP contribution is -2.49. The van der Waals surface area contributed by atoms with Crippen LogP contribution in [0.25, 0.3) is 0 Å². The van der Waals surface area contributed by atoms with E-state index >= 15 is 0 Å². The number of rotatable bonds is 12. The van der Waals surface area contributed by atoms with Crippen LogP contribution in [0.3, 0.4) is 0 Å². The highest BCUT2D eigenvalue weighted by Crippen LogP contribution is 2.40. The normalized spacial score (nSPS) is 22.0. The monoisotopic (exact) mass is 850 g/mol. The van der Waals surface area contributed by atoms with Gasteiger partial charge in [0.1, 0.15) is 29.7 Å². The molecular formula is C41H42ClF3N8O5S. The molecule has 310 valence electrons. The number of likely N-dealkylation sites (tertiary alicyclic amines) is 2. The molecule has 0 radical (unpaired) electrons. The number of hydrogen-bond donors (Lipinski definition) is 2. The van der Waals surface area contributed by atoms with Gasteiger partial charge in [0.05, 0.1) is 36.5 Å². The van der Waals surface area contributed by atoms with Crippen LogP contribution in [0, 0.1) is 11.3 Å². The van der Waals surface area contributed by atoms with Gasteiger partial charge in [0, 0.05) is 60.2 Å². The van der Waals surface area contributed by atoms with Gasteiger partial charge in [0.25, 0.3) is 5.91 Å². The van der Waals surface area contributed by atoms with Gasteiger partial charge in [-0.15, -0.1) is 0 Å². The minimum Gasteiger partial charge on any atom is -0.492 e. The number of benzene rings is 2. The average Bonchev–Trinajstić information content (AvgIpc) is 3.80. The quantitative estimate of drug-likeness (QED) is 0.163. The summed E-state index contributed by atoms with van der Waals surface area (Å²) in [4.78, 5) is 61.5. The van der Waals surface area contributed by atoms with Gasteiger partial charge in [-0.3, -0.25) is 33.9 Å². The van der Waals surface area contributed by atoms with Crippen LogP contribution in [0.2, 0.25) is 5.02 Å². The van der Waals surface area contributed by atoms with Crippen LogP contribution in [0.5, 0.6) is 5.75 Å².